The van der Waals surface area contributed by atoms with E-state index in [4.69, 9.17) is 13.0 Å². The van der Waals surface area contributed by atoms with Gasteiger partial charge in [0.25, 0.3) is 0 Å². The molecule has 0 fully saturated rings. The van der Waals surface area contributed by atoms with Gasteiger partial charge in [-0.1, -0.05) is 0 Å². The fourth-order valence-electron chi connectivity index (χ4n) is 0. The third-order valence-electron chi connectivity index (χ3n) is 0.292. The van der Waals surface area contributed by atoms with E-state index in [0.29, 0.717) is 0 Å². The molecule has 0 aliphatic carbocycles. The average molecular weight is 280 g/mol. The van der Waals surface area contributed by atoms with Gasteiger partial charge in [0.1, 0.15) is 0 Å². The zero-order valence-corrected chi connectivity index (χ0v) is 7.48. The Morgan fingerprint density at radius 3 is 1.33 bits per heavy atom. The fraction of sp³-hybridized carbons (Fsp3) is 1.00. The summed E-state index contributed by atoms with van der Waals surface area (Å²) in [6, 6.07) is 0. The molecule has 0 atom stereocenters. The molecule has 0 aromatic heterocycles. The standard InChI is InChI=1S/CHF3O3S.H2Te/c2-1(3,4)8(5,6)7;/h(H,5,6,7);1H2. The van der Waals surface area contributed by atoms with E-state index in [1.807, 2.05) is 0 Å². The normalized spacial score (nSPS) is 12.4. The van der Waals surface area contributed by atoms with E-state index in [1.165, 1.54) is 0 Å². The van der Waals surface area contributed by atoms with Crippen LogP contribution in [0.3, 0.4) is 0 Å². The van der Waals surface area contributed by atoms with Gasteiger partial charge < -0.3 is 0 Å². The van der Waals surface area contributed by atoms with Crippen molar-refractivity contribution in [3.8, 4) is 0 Å². The molecule has 0 amide bonds. The third-order valence-corrected chi connectivity index (χ3v) is 0.877. The molecule has 3 nitrogen and oxygen atoms in total. The molecule has 0 aromatic carbocycles. The van der Waals surface area contributed by atoms with Crippen molar-refractivity contribution in [2.75, 3.05) is 0 Å². The van der Waals surface area contributed by atoms with E-state index < -0.39 is 15.6 Å². The first-order valence-electron chi connectivity index (χ1n) is 1.29. The minimum absolute atomic E-state index is 0. The van der Waals surface area contributed by atoms with Crippen LogP contribution in [0.5, 0.6) is 0 Å². The Morgan fingerprint density at radius 2 is 1.33 bits per heavy atom. The molecule has 0 bridgehead atoms. The summed E-state index contributed by atoms with van der Waals surface area (Å²) in [5.74, 6) is 0. The van der Waals surface area contributed by atoms with Crippen LogP contribution in [0, 0.1) is 0 Å². The molecule has 8 heteroatoms. The predicted molar refractivity (Wildman–Crippen MR) is 26.1 cm³/mol. The molecule has 0 saturated carbocycles. The minimum atomic E-state index is -5.84. The number of halogens is 3. The van der Waals surface area contributed by atoms with Crippen molar-refractivity contribution < 1.29 is 26.1 Å². The van der Waals surface area contributed by atoms with Crippen molar-refractivity contribution in [2.45, 2.75) is 5.51 Å². The van der Waals surface area contributed by atoms with Crippen LogP contribution in [0.25, 0.3) is 0 Å². The number of hydrogen-bond donors (Lipinski definition) is 1. The molecule has 0 aromatic rings. The number of hydrogen-bond acceptors (Lipinski definition) is 2. The van der Waals surface area contributed by atoms with Crippen LogP contribution < -0.4 is 0 Å². The molecule has 0 heterocycles. The van der Waals surface area contributed by atoms with Crippen LogP contribution in [0.15, 0.2) is 0 Å². The van der Waals surface area contributed by atoms with E-state index in [2.05, 4.69) is 0 Å². The third kappa shape index (κ3) is 3.97. The van der Waals surface area contributed by atoms with Gasteiger partial charge in [0.05, 0.1) is 0 Å². The van der Waals surface area contributed by atoms with Gasteiger partial charge in [0, 0.05) is 0 Å². The molecule has 0 aliphatic rings. The Hall–Kier alpha value is 0.490. The van der Waals surface area contributed by atoms with Crippen LogP contribution in [-0.2, 0) is 10.1 Å². The molecule has 0 rings (SSSR count). The van der Waals surface area contributed by atoms with Gasteiger partial charge >= 0.3 is 39.3 Å². The summed E-state index contributed by atoms with van der Waals surface area (Å²) in [5, 5.41) is 0. The van der Waals surface area contributed by atoms with Gasteiger partial charge in [0.15, 0.2) is 0 Å². The molecule has 0 unspecified atom stereocenters. The second-order valence-electron chi connectivity index (χ2n) is 0.921. The van der Waals surface area contributed by atoms with Crippen LogP contribution >= 0.6 is 0 Å². The molecule has 9 heavy (non-hydrogen) atoms. The quantitative estimate of drug-likeness (QED) is 0.369. The summed E-state index contributed by atoms with van der Waals surface area (Å²) in [6.45, 7) is 0. The zero-order chi connectivity index (χ0) is 7.00. The maximum absolute atomic E-state index is 10.7. The van der Waals surface area contributed by atoms with E-state index in [1.54, 1.807) is 0 Å². The summed E-state index contributed by atoms with van der Waals surface area (Å²) in [7, 11) is -5.84. The SMILES string of the molecule is O=S(=O)(O)C(F)(F)F.[TeH2]. The van der Waals surface area contributed by atoms with Gasteiger partial charge in [0.2, 0.25) is 0 Å². The summed E-state index contributed by atoms with van der Waals surface area (Å²) < 4.78 is 57.5. The zero-order valence-electron chi connectivity index (χ0n) is 3.81. The number of alkyl halides is 3. The maximum atomic E-state index is 10.7. The second-order valence-corrected chi connectivity index (χ2v) is 2.33. The van der Waals surface area contributed by atoms with Crippen molar-refractivity contribution in [1.29, 1.82) is 0 Å². The van der Waals surface area contributed by atoms with E-state index in [9.17, 15) is 13.2 Å². The van der Waals surface area contributed by atoms with Crippen LogP contribution in [-0.4, -0.2) is 42.1 Å². The summed E-state index contributed by atoms with van der Waals surface area (Å²) in [6.07, 6.45) is 0. The van der Waals surface area contributed by atoms with E-state index in [0.717, 1.165) is 0 Å². The Balaban J connectivity index is 0. The first kappa shape index (κ1) is 12.2. The second kappa shape index (κ2) is 3.05. The number of rotatable bonds is 0. The molecule has 1 N–H and O–H groups in total. The summed E-state index contributed by atoms with van der Waals surface area (Å²) in [4.78, 5) is 0. The topological polar surface area (TPSA) is 54.4 Å². The van der Waals surface area contributed by atoms with E-state index in [-0.39, 0.29) is 23.7 Å². The van der Waals surface area contributed by atoms with Crippen molar-refractivity contribution in [3.05, 3.63) is 0 Å². The molecule has 0 radical (unpaired) electrons. The molecule has 0 aliphatic heterocycles. The van der Waals surface area contributed by atoms with Crippen molar-refractivity contribution in [1.82, 2.24) is 0 Å². The Bertz CT molecular complexity index is 168. The molecular formula is CH3F3O3STe. The molecule has 0 saturated heterocycles. The Morgan fingerprint density at radius 1 is 1.22 bits per heavy atom. The van der Waals surface area contributed by atoms with Gasteiger partial charge in [-0.05, 0) is 0 Å². The Labute approximate surface area is 65.7 Å². The monoisotopic (exact) mass is 282 g/mol. The van der Waals surface area contributed by atoms with Crippen LogP contribution in [0.4, 0.5) is 13.2 Å². The summed E-state index contributed by atoms with van der Waals surface area (Å²) in [5.41, 5.74) is -5.53. The van der Waals surface area contributed by atoms with Crippen molar-refractivity contribution in [2.24, 2.45) is 0 Å². The van der Waals surface area contributed by atoms with Gasteiger partial charge in [-0.25, -0.2) is 0 Å². The van der Waals surface area contributed by atoms with Gasteiger partial charge in [-0.3, -0.25) is 4.55 Å². The molecular weight excluding hydrogens is 277 g/mol. The van der Waals surface area contributed by atoms with Gasteiger partial charge in [-0.2, -0.15) is 21.6 Å². The first-order valence-corrected chi connectivity index (χ1v) is 2.73. The van der Waals surface area contributed by atoms with Crippen LogP contribution in [0.2, 0.25) is 0 Å². The van der Waals surface area contributed by atoms with Crippen molar-refractivity contribution in [3.63, 3.8) is 0 Å². The molecule has 58 valence electrons. The average Bonchev–Trinajstić information content (AvgIpc) is 1.25. The predicted octanol–water partition coefficient (Wildman–Crippen LogP) is -0.522. The molecule has 0 spiro atoms. The van der Waals surface area contributed by atoms with E-state index >= 15 is 0 Å². The van der Waals surface area contributed by atoms with Gasteiger partial charge in [-0.15, -0.1) is 0 Å². The fourth-order valence-corrected chi connectivity index (χ4v) is 0. The van der Waals surface area contributed by atoms with Crippen LogP contribution in [0.1, 0.15) is 0 Å². The first-order chi connectivity index (χ1) is 3.25. The summed E-state index contributed by atoms with van der Waals surface area (Å²) >= 11 is 0. The van der Waals surface area contributed by atoms with Crippen molar-refractivity contribution >= 4 is 33.8 Å². The Kier molecular flexibility index (Phi) is 4.14.